The van der Waals surface area contributed by atoms with Gasteiger partial charge < -0.3 is 12.6 Å². The molecule has 0 heterocycles. The molecule has 0 fully saturated rings. The van der Waals surface area contributed by atoms with E-state index in [4.69, 9.17) is 18.6 Å². The van der Waals surface area contributed by atoms with Crippen molar-refractivity contribution in [2.45, 2.75) is 0 Å². The number of thiocyanates is 1. The standard InChI is InChI=1S/CHNS.Na.H2O3S2/c2-1-3;;1-5(2,3)4/h3H;;(H2,1,2,3,4)/q;+1;/p-1. The maximum atomic E-state index is 9.11. The van der Waals surface area contributed by atoms with Crippen LogP contribution in [0.5, 0.6) is 0 Å². The minimum absolute atomic E-state index is 0. The van der Waals surface area contributed by atoms with Gasteiger partial charge in [0.1, 0.15) is 0 Å². The molecule has 4 nitrogen and oxygen atoms in total. The van der Waals surface area contributed by atoms with Crippen molar-refractivity contribution in [1.29, 1.82) is 5.26 Å². The van der Waals surface area contributed by atoms with Crippen molar-refractivity contribution < 1.29 is 42.9 Å². The van der Waals surface area contributed by atoms with E-state index < -0.39 is 9.05 Å². The normalized spacial score (nSPS) is 7.22. The van der Waals surface area contributed by atoms with Crippen LogP contribution in [0.25, 0.3) is 0 Å². The zero-order valence-electron chi connectivity index (χ0n) is 4.47. The van der Waals surface area contributed by atoms with Crippen molar-refractivity contribution in [2.24, 2.45) is 0 Å². The monoisotopic (exact) mass is 195 g/mol. The van der Waals surface area contributed by atoms with Gasteiger partial charge in [0.05, 0.1) is 0 Å². The predicted molar refractivity (Wildman–Crippen MR) is 33.7 cm³/mol. The minimum atomic E-state index is -3.83. The molecule has 0 rings (SSSR count). The average molecular weight is 195 g/mol. The van der Waals surface area contributed by atoms with Crippen molar-refractivity contribution in [3.8, 4) is 5.40 Å². The van der Waals surface area contributed by atoms with E-state index in [1.165, 1.54) is 5.40 Å². The Morgan fingerprint density at radius 2 is 1.67 bits per heavy atom. The van der Waals surface area contributed by atoms with Crippen LogP contribution in [0.15, 0.2) is 0 Å². The molecule has 0 unspecified atom stereocenters. The van der Waals surface area contributed by atoms with Gasteiger partial charge in [-0.1, -0.05) is 5.40 Å². The third-order valence-electron chi connectivity index (χ3n) is 0. The molecule has 0 saturated carbocycles. The number of nitriles is 1. The summed E-state index contributed by atoms with van der Waals surface area (Å²) in [4.78, 5) is 0. The van der Waals surface area contributed by atoms with Crippen LogP contribution in [0.2, 0.25) is 0 Å². The number of nitrogens with zero attached hydrogens (tertiary/aromatic N) is 1. The van der Waals surface area contributed by atoms with Gasteiger partial charge >= 0.3 is 29.6 Å². The van der Waals surface area contributed by atoms with E-state index >= 15 is 0 Å². The van der Waals surface area contributed by atoms with E-state index in [9.17, 15) is 0 Å². The molecular formula is CH2NNaO3S3. The molecule has 0 aromatic rings. The third kappa shape index (κ3) is 441. The molecule has 0 aromatic heterocycles. The molecule has 9 heavy (non-hydrogen) atoms. The van der Waals surface area contributed by atoms with E-state index in [2.05, 4.69) is 23.8 Å². The summed E-state index contributed by atoms with van der Waals surface area (Å²) in [6.07, 6.45) is 0. The second-order valence-corrected chi connectivity index (χ2v) is 2.92. The third-order valence-corrected chi connectivity index (χ3v) is 0. The van der Waals surface area contributed by atoms with Crippen LogP contribution in [0.4, 0.5) is 0 Å². The van der Waals surface area contributed by atoms with E-state index in [-0.39, 0.29) is 29.6 Å². The van der Waals surface area contributed by atoms with Gasteiger partial charge in [0, 0.05) is 11.2 Å². The quantitative estimate of drug-likeness (QED) is 0.239. The van der Waals surface area contributed by atoms with Crippen LogP contribution < -0.4 is 29.6 Å². The smallest absolute Gasteiger partial charge is 0.696 e. The van der Waals surface area contributed by atoms with Gasteiger partial charge in [0.25, 0.3) is 9.05 Å². The predicted octanol–water partition coefficient (Wildman–Crippen LogP) is -3.30. The van der Waals surface area contributed by atoms with Gasteiger partial charge in [-0.15, -0.1) is 0 Å². The van der Waals surface area contributed by atoms with Crippen LogP contribution in [0, 0.1) is 10.7 Å². The molecule has 0 aliphatic heterocycles. The van der Waals surface area contributed by atoms with Gasteiger partial charge in [0.15, 0.2) is 0 Å². The van der Waals surface area contributed by atoms with Gasteiger partial charge in [-0.25, -0.2) is 5.26 Å². The van der Waals surface area contributed by atoms with Gasteiger partial charge in [0.2, 0.25) is 0 Å². The fourth-order valence-electron chi connectivity index (χ4n) is 0. The molecule has 0 spiro atoms. The summed E-state index contributed by atoms with van der Waals surface area (Å²) in [6.45, 7) is 0. The molecule has 0 saturated heterocycles. The molecule has 0 aliphatic rings. The summed E-state index contributed by atoms with van der Waals surface area (Å²) in [7, 11) is -3.83. The van der Waals surface area contributed by atoms with Crippen molar-refractivity contribution >= 4 is 32.9 Å². The van der Waals surface area contributed by atoms with Crippen LogP contribution in [-0.4, -0.2) is 13.3 Å². The fraction of sp³-hybridized carbons (Fsp3) is 0. The molecule has 2 N–H and O–H groups in total. The second kappa shape index (κ2) is 9.00. The first-order chi connectivity index (χ1) is 3.41. The maximum Gasteiger partial charge on any atom is 1.00 e. The summed E-state index contributed by atoms with van der Waals surface area (Å²) in [6, 6.07) is 0. The summed E-state index contributed by atoms with van der Waals surface area (Å²) in [5, 5.41) is 8.47. The number of hydrogen-bond acceptors (Lipinski definition) is 4. The molecule has 0 aromatic carbocycles. The zero-order valence-corrected chi connectivity index (χ0v) is 8.92. The molecule has 0 radical (unpaired) electrons. The van der Waals surface area contributed by atoms with Gasteiger partial charge in [-0.3, -0.25) is 9.11 Å². The molecule has 0 atom stereocenters. The first-order valence-electron chi connectivity index (χ1n) is 1.13. The van der Waals surface area contributed by atoms with Crippen molar-refractivity contribution in [3.63, 3.8) is 0 Å². The van der Waals surface area contributed by atoms with Gasteiger partial charge in [-0.05, 0) is 0 Å². The molecular weight excluding hydrogens is 193 g/mol. The fourth-order valence-corrected chi connectivity index (χ4v) is 0. The average Bonchev–Trinajstić information content (AvgIpc) is 1.27. The van der Waals surface area contributed by atoms with Gasteiger partial charge in [-0.2, -0.15) is 4.21 Å². The number of hydrogen-bond donors (Lipinski definition) is 2. The summed E-state index contributed by atoms with van der Waals surface area (Å²) in [5.74, 6) is 0. The Bertz CT molecular complexity index is 160. The molecule has 8 heteroatoms. The van der Waals surface area contributed by atoms with Crippen LogP contribution in [-0.2, 0) is 32.9 Å². The molecule has 0 bridgehead atoms. The maximum absolute atomic E-state index is 9.11. The van der Waals surface area contributed by atoms with Crippen LogP contribution >= 0.6 is 0 Å². The largest absolute Gasteiger partial charge is 1.00 e. The van der Waals surface area contributed by atoms with E-state index in [1.807, 2.05) is 0 Å². The van der Waals surface area contributed by atoms with E-state index in [0.29, 0.717) is 0 Å². The Hall–Kier alpha value is 1.000. The summed E-state index contributed by atoms with van der Waals surface area (Å²) in [5.41, 5.74) is 0. The van der Waals surface area contributed by atoms with Crippen molar-refractivity contribution in [1.82, 2.24) is 0 Å². The van der Waals surface area contributed by atoms with Crippen molar-refractivity contribution in [3.05, 3.63) is 0 Å². The van der Waals surface area contributed by atoms with Crippen molar-refractivity contribution in [2.75, 3.05) is 0 Å². The summed E-state index contributed by atoms with van der Waals surface area (Å²) >= 11 is 7.16. The zero-order chi connectivity index (χ0) is 7.21. The minimum Gasteiger partial charge on any atom is -0.696 e. The Morgan fingerprint density at radius 3 is 1.67 bits per heavy atom. The molecule has 0 aliphatic carbocycles. The molecule has 48 valence electrons. The number of rotatable bonds is 0. The van der Waals surface area contributed by atoms with Crippen LogP contribution in [0.3, 0.4) is 0 Å². The Balaban J connectivity index is -0.0000000800. The summed E-state index contributed by atoms with van der Waals surface area (Å²) < 4.78 is 24.0. The SMILES string of the molecule is N#C[S-].O=S(O)(O)=S.[Na+]. The molecule has 0 amide bonds. The van der Waals surface area contributed by atoms with Crippen LogP contribution in [0.1, 0.15) is 0 Å². The first-order valence-corrected chi connectivity index (χ1v) is 3.93. The first kappa shape index (κ1) is 16.5. The van der Waals surface area contributed by atoms with E-state index in [1.54, 1.807) is 0 Å². The Morgan fingerprint density at radius 1 is 1.67 bits per heavy atom. The van der Waals surface area contributed by atoms with E-state index in [0.717, 1.165) is 0 Å². The Kier molecular flexibility index (Phi) is 16.5. The Labute approximate surface area is 85.7 Å². The second-order valence-electron chi connectivity index (χ2n) is 0.539. The topological polar surface area (TPSA) is 81.3 Å².